The number of fused-ring (bicyclic) bond motifs is 2. The van der Waals surface area contributed by atoms with Crippen LogP contribution in [0.25, 0.3) is 0 Å². The average molecular weight is 374 g/mol. The van der Waals surface area contributed by atoms with Gasteiger partial charge in [0.15, 0.2) is 11.2 Å². The van der Waals surface area contributed by atoms with Gasteiger partial charge in [-0.1, -0.05) is 13.8 Å². The molecule has 0 unspecified atom stereocenters. The van der Waals surface area contributed by atoms with E-state index in [4.69, 9.17) is 13.9 Å². The monoisotopic (exact) mass is 374 g/mol. The Balaban J connectivity index is 1.66. The lowest BCUT2D eigenvalue weighted by Crippen LogP contribution is -2.76. The molecule has 7 atom stereocenters. The first-order valence-electron chi connectivity index (χ1n) is 9.24. The molecule has 4 heterocycles. The molecule has 0 amide bonds. The summed E-state index contributed by atoms with van der Waals surface area (Å²) in [7, 11) is 0. The molecule has 0 radical (unpaired) electrons. The lowest BCUT2D eigenvalue weighted by molar-refractivity contribution is -0.291. The minimum Gasteiger partial charge on any atom is -0.472 e. The van der Waals surface area contributed by atoms with E-state index in [0.29, 0.717) is 18.4 Å². The van der Waals surface area contributed by atoms with Crippen LogP contribution in [0.2, 0.25) is 0 Å². The van der Waals surface area contributed by atoms with Gasteiger partial charge in [-0.3, -0.25) is 0 Å². The highest BCUT2D eigenvalue weighted by atomic mass is 16.6. The SMILES string of the molecule is C[C@@]12C[C@H](c3ccoc3)OC(=O)[C@]1(O)CC[C@]1(C)[C@H]2[C@H]2C=C[C@]1(O)C(=O)O2. The van der Waals surface area contributed by atoms with Gasteiger partial charge < -0.3 is 24.1 Å². The molecule has 6 rings (SSSR count). The van der Waals surface area contributed by atoms with Gasteiger partial charge >= 0.3 is 11.9 Å². The Kier molecular flexibility index (Phi) is 3.04. The maximum absolute atomic E-state index is 12.9. The Morgan fingerprint density at radius 1 is 1.07 bits per heavy atom. The zero-order valence-corrected chi connectivity index (χ0v) is 15.2. The van der Waals surface area contributed by atoms with Gasteiger partial charge in [-0.25, -0.2) is 9.59 Å². The van der Waals surface area contributed by atoms with E-state index in [0.717, 1.165) is 0 Å². The van der Waals surface area contributed by atoms with Crippen LogP contribution in [0, 0.1) is 16.7 Å². The quantitative estimate of drug-likeness (QED) is 0.569. The standard InChI is InChI=1S/C20H22O7/c1-17-6-7-20(24)16(22)27-13(11-4-8-25-10-11)9-18(20,2)14(17)12-3-5-19(17,23)15(21)26-12/h3-5,8,10,12-14,23-24H,6-7,9H2,1-2H3/t12-,13-,14-,17-,18+,19+,20-/m1/s1. The molecule has 2 N–H and O–H groups in total. The van der Waals surface area contributed by atoms with E-state index >= 15 is 0 Å². The van der Waals surface area contributed by atoms with Crippen molar-refractivity contribution in [3.63, 3.8) is 0 Å². The van der Waals surface area contributed by atoms with Crippen LogP contribution in [0.1, 0.15) is 44.8 Å². The summed E-state index contributed by atoms with van der Waals surface area (Å²) in [6.45, 7) is 3.69. The molecule has 27 heavy (non-hydrogen) atoms. The average Bonchev–Trinajstić information content (AvgIpc) is 3.14. The molecule has 1 aromatic heterocycles. The second kappa shape index (κ2) is 4.83. The van der Waals surface area contributed by atoms with Crippen LogP contribution in [0.3, 0.4) is 0 Å². The number of hydrogen-bond donors (Lipinski definition) is 2. The van der Waals surface area contributed by atoms with Gasteiger partial charge in [0.05, 0.1) is 12.5 Å². The van der Waals surface area contributed by atoms with E-state index < -0.39 is 52.1 Å². The van der Waals surface area contributed by atoms with Gasteiger partial charge in [0, 0.05) is 22.3 Å². The summed E-state index contributed by atoms with van der Waals surface area (Å²) in [5.74, 6) is -1.76. The van der Waals surface area contributed by atoms with Gasteiger partial charge in [0.1, 0.15) is 12.2 Å². The largest absolute Gasteiger partial charge is 0.472 e. The fourth-order valence-electron chi connectivity index (χ4n) is 6.08. The first kappa shape index (κ1) is 17.0. The van der Waals surface area contributed by atoms with Crippen LogP contribution in [0.5, 0.6) is 0 Å². The van der Waals surface area contributed by atoms with Crippen LogP contribution < -0.4 is 0 Å². The molecular formula is C20H22O7. The number of carbonyl (C=O) groups is 2. The second-order valence-electron chi connectivity index (χ2n) is 8.82. The first-order chi connectivity index (χ1) is 12.7. The highest BCUT2D eigenvalue weighted by molar-refractivity contribution is 5.87. The number of esters is 2. The Morgan fingerprint density at radius 2 is 1.85 bits per heavy atom. The molecule has 2 aliphatic carbocycles. The molecule has 1 aromatic rings. The van der Waals surface area contributed by atoms with Gasteiger partial charge in [0.25, 0.3) is 0 Å². The van der Waals surface area contributed by atoms with Crippen molar-refractivity contribution in [3.05, 3.63) is 36.3 Å². The number of cyclic esters (lactones) is 1. The number of furan rings is 1. The third-order valence-corrected chi connectivity index (χ3v) is 7.72. The molecule has 7 nitrogen and oxygen atoms in total. The molecule has 3 fully saturated rings. The number of rotatable bonds is 1. The fraction of sp³-hybridized carbons (Fsp3) is 0.600. The summed E-state index contributed by atoms with van der Waals surface area (Å²) in [6, 6.07) is 1.73. The topological polar surface area (TPSA) is 106 Å². The van der Waals surface area contributed by atoms with E-state index in [1.54, 1.807) is 12.1 Å². The van der Waals surface area contributed by atoms with E-state index in [1.165, 1.54) is 18.6 Å². The van der Waals surface area contributed by atoms with Crippen LogP contribution >= 0.6 is 0 Å². The third-order valence-electron chi connectivity index (χ3n) is 7.72. The molecule has 7 heteroatoms. The Bertz CT molecular complexity index is 860. The Morgan fingerprint density at radius 3 is 2.52 bits per heavy atom. The first-order valence-corrected chi connectivity index (χ1v) is 9.24. The van der Waals surface area contributed by atoms with Crippen molar-refractivity contribution in [2.45, 2.75) is 56.5 Å². The minimum atomic E-state index is -1.76. The lowest BCUT2D eigenvalue weighted by Gasteiger charge is -2.67. The van der Waals surface area contributed by atoms with E-state index in [9.17, 15) is 19.8 Å². The summed E-state index contributed by atoms with van der Waals surface area (Å²) in [4.78, 5) is 25.3. The van der Waals surface area contributed by atoms with Crippen molar-refractivity contribution in [3.8, 4) is 0 Å². The van der Waals surface area contributed by atoms with E-state index in [1.807, 2.05) is 13.8 Å². The van der Waals surface area contributed by atoms with Crippen molar-refractivity contribution in [2.24, 2.45) is 16.7 Å². The molecule has 144 valence electrons. The molecular weight excluding hydrogens is 352 g/mol. The number of aliphatic hydroxyl groups is 2. The van der Waals surface area contributed by atoms with Gasteiger partial charge in [0.2, 0.25) is 0 Å². The number of carbonyl (C=O) groups excluding carboxylic acids is 2. The highest BCUT2D eigenvalue weighted by Gasteiger charge is 2.76. The van der Waals surface area contributed by atoms with Crippen molar-refractivity contribution in [1.29, 1.82) is 0 Å². The predicted octanol–water partition coefficient (Wildman–Crippen LogP) is 1.65. The summed E-state index contributed by atoms with van der Waals surface area (Å²) in [6.07, 6.45) is 5.81. The third kappa shape index (κ3) is 1.75. The Hall–Kier alpha value is -2.12. The maximum atomic E-state index is 12.9. The van der Waals surface area contributed by atoms with Crippen molar-refractivity contribution in [2.75, 3.05) is 0 Å². The van der Waals surface area contributed by atoms with E-state index in [2.05, 4.69) is 0 Å². The van der Waals surface area contributed by atoms with Crippen molar-refractivity contribution >= 4 is 11.9 Å². The molecule has 2 bridgehead atoms. The molecule has 3 aliphatic heterocycles. The number of ether oxygens (including phenoxy) is 2. The molecule has 5 aliphatic rings. The minimum absolute atomic E-state index is 0.115. The van der Waals surface area contributed by atoms with Gasteiger partial charge in [-0.2, -0.15) is 0 Å². The van der Waals surface area contributed by atoms with Crippen LogP contribution in [0.4, 0.5) is 0 Å². The molecule has 2 saturated heterocycles. The van der Waals surface area contributed by atoms with E-state index in [-0.39, 0.29) is 6.42 Å². The summed E-state index contributed by atoms with van der Waals surface area (Å²) >= 11 is 0. The van der Waals surface area contributed by atoms with Crippen molar-refractivity contribution < 1.29 is 33.7 Å². The molecule has 0 spiro atoms. The second-order valence-corrected chi connectivity index (χ2v) is 8.82. The smallest absolute Gasteiger partial charge is 0.343 e. The lowest BCUT2D eigenvalue weighted by atomic mass is 9.41. The van der Waals surface area contributed by atoms with Gasteiger partial charge in [-0.05, 0) is 37.5 Å². The van der Waals surface area contributed by atoms with Crippen molar-refractivity contribution in [1.82, 2.24) is 0 Å². The summed E-state index contributed by atoms with van der Waals surface area (Å²) in [5, 5.41) is 22.6. The fourth-order valence-corrected chi connectivity index (χ4v) is 6.08. The van der Waals surface area contributed by atoms with Crippen LogP contribution in [-0.2, 0) is 19.1 Å². The number of hydrogen-bond acceptors (Lipinski definition) is 7. The predicted molar refractivity (Wildman–Crippen MR) is 90.0 cm³/mol. The zero-order valence-electron chi connectivity index (χ0n) is 15.2. The summed E-state index contributed by atoms with van der Waals surface area (Å²) < 4.78 is 16.2. The van der Waals surface area contributed by atoms with Gasteiger partial charge in [-0.15, -0.1) is 0 Å². The Labute approximate surface area is 155 Å². The zero-order chi connectivity index (χ0) is 19.2. The normalized spacial score (nSPS) is 50.6. The molecule has 0 aromatic carbocycles. The van der Waals surface area contributed by atoms with Crippen LogP contribution in [0.15, 0.2) is 35.2 Å². The van der Waals surface area contributed by atoms with Crippen LogP contribution in [-0.4, -0.2) is 39.5 Å². The highest BCUT2D eigenvalue weighted by Crippen LogP contribution is 2.68. The summed E-state index contributed by atoms with van der Waals surface area (Å²) in [5.41, 5.74) is -4.55. The molecule has 1 saturated carbocycles. The maximum Gasteiger partial charge on any atom is 0.343 e.